The van der Waals surface area contributed by atoms with Crippen molar-refractivity contribution in [2.24, 2.45) is 5.18 Å². The normalized spacial score (nSPS) is 15.8. The minimum atomic E-state index is 0.0291. The lowest BCUT2D eigenvalue weighted by molar-refractivity contribution is 0.0773. The molecule has 1 fully saturated rings. The molecule has 2 aromatic rings. The Morgan fingerprint density at radius 2 is 1.75 bits per heavy atom. The van der Waals surface area contributed by atoms with E-state index in [1.54, 1.807) is 6.07 Å². The second kappa shape index (κ2) is 9.57. The predicted octanol–water partition coefficient (Wildman–Crippen LogP) is 3.56. The van der Waals surface area contributed by atoms with Crippen LogP contribution in [0.3, 0.4) is 0 Å². The second-order valence-electron chi connectivity index (χ2n) is 6.97. The van der Waals surface area contributed by atoms with E-state index in [2.05, 4.69) is 15.4 Å². The fourth-order valence-electron chi connectivity index (χ4n) is 3.81. The van der Waals surface area contributed by atoms with E-state index >= 15 is 0 Å². The Labute approximate surface area is 166 Å². The SMILES string of the molecule is CCN(CC)C(=O)c1ccc(C(c2cccc(N=O)c2)N2CCNCC2)cc1. The molecule has 148 valence electrons. The van der Waals surface area contributed by atoms with Gasteiger partial charge in [0.05, 0.1) is 6.04 Å². The van der Waals surface area contributed by atoms with Gasteiger partial charge in [0, 0.05) is 44.8 Å². The number of benzene rings is 2. The van der Waals surface area contributed by atoms with E-state index in [0.29, 0.717) is 24.3 Å². The third-order valence-corrected chi connectivity index (χ3v) is 5.33. The van der Waals surface area contributed by atoms with Crippen molar-refractivity contribution >= 4 is 11.6 Å². The summed E-state index contributed by atoms with van der Waals surface area (Å²) < 4.78 is 0. The first kappa shape index (κ1) is 20.2. The van der Waals surface area contributed by atoms with Gasteiger partial charge < -0.3 is 10.2 Å². The van der Waals surface area contributed by atoms with Crippen molar-refractivity contribution in [1.29, 1.82) is 0 Å². The van der Waals surface area contributed by atoms with Crippen molar-refractivity contribution in [3.05, 3.63) is 70.1 Å². The predicted molar refractivity (Wildman–Crippen MR) is 112 cm³/mol. The molecule has 1 atom stereocenters. The van der Waals surface area contributed by atoms with E-state index in [9.17, 15) is 9.70 Å². The number of piperazine rings is 1. The fraction of sp³-hybridized carbons (Fsp3) is 0.409. The lowest BCUT2D eigenvalue weighted by Crippen LogP contribution is -2.45. The highest BCUT2D eigenvalue weighted by Gasteiger charge is 2.24. The number of nitrogens with zero attached hydrogens (tertiary/aromatic N) is 3. The molecule has 0 aromatic heterocycles. The molecule has 1 aliphatic heterocycles. The third-order valence-electron chi connectivity index (χ3n) is 5.33. The second-order valence-corrected chi connectivity index (χ2v) is 6.97. The van der Waals surface area contributed by atoms with E-state index in [0.717, 1.165) is 37.3 Å². The standard InChI is InChI=1S/C22H28N4O2/c1-3-25(4-2)22(27)18-10-8-17(9-11-18)21(26-14-12-23-13-15-26)19-6-5-7-20(16-19)24-28/h5-11,16,21,23H,3-4,12-15H2,1-2H3. The van der Waals surface area contributed by atoms with Gasteiger partial charge in [-0.05, 0) is 54.4 Å². The molecule has 0 aliphatic carbocycles. The number of rotatable bonds is 7. The van der Waals surface area contributed by atoms with Gasteiger partial charge >= 0.3 is 0 Å². The van der Waals surface area contributed by atoms with Crippen LogP contribution >= 0.6 is 0 Å². The third kappa shape index (κ3) is 4.46. The maximum atomic E-state index is 12.6. The first-order chi connectivity index (χ1) is 13.7. The van der Waals surface area contributed by atoms with Crippen molar-refractivity contribution in [1.82, 2.24) is 15.1 Å². The summed E-state index contributed by atoms with van der Waals surface area (Å²) in [4.78, 5) is 27.8. The molecule has 3 rings (SSSR count). The molecule has 0 spiro atoms. The number of nitroso groups, excluding NO2 is 1. The van der Waals surface area contributed by atoms with Gasteiger partial charge in [0.1, 0.15) is 5.69 Å². The van der Waals surface area contributed by atoms with Crippen LogP contribution in [-0.2, 0) is 0 Å². The molecule has 0 radical (unpaired) electrons. The highest BCUT2D eigenvalue weighted by Crippen LogP contribution is 2.31. The van der Waals surface area contributed by atoms with Crippen molar-refractivity contribution in [3.8, 4) is 0 Å². The lowest BCUT2D eigenvalue weighted by Gasteiger charge is -2.35. The van der Waals surface area contributed by atoms with E-state index in [1.165, 1.54) is 0 Å². The van der Waals surface area contributed by atoms with Crippen molar-refractivity contribution in [3.63, 3.8) is 0 Å². The highest BCUT2D eigenvalue weighted by atomic mass is 16.3. The number of nitrogens with one attached hydrogen (secondary N) is 1. The molecule has 1 unspecified atom stereocenters. The molecule has 1 aliphatic rings. The van der Waals surface area contributed by atoms with Crippen molar-refractivity contribution < 1.29 is 4.79 Å². The average Bonchev–Trinajstić information content (AvgIpc) is 2.76. The van der Waals surface area contributed by atoms with Gasteiger partial charge in [0.15, 0.2) is 0 Å². The summed E-state index contributed by atoms with van der Waals surface area (Å²) in [6, 6.07) is 15.4. The maximum Gasteiger partial charge on any atom is 0.253 e. The van der Waals surface area contributed by atoms with Crippen LogP contribution < -0.4 is 5.32 Å². The smallest absolute Gasteiger partial charge is 0.253 e. The molecule has 6 nitrogen and oxygen atoms in total. The minimum Gasteiger partial charge on any atom is -0.339 e. The van der Waals surface area contributed by atoms with Crippen LogP contribution in [0.2, 0.25) is 0 Å². The summed E-state index contributed by atoms with van der Waals surface area (Å²) in [5, 5.41) is 6.48. The Kier molecular flexibility index (Phi) is 6.90. The summed E-state index contributed by atoms with van der Waals surface area (Å²) >= 11 is 0. The zero-order valence-corrected chi connectivity index (χ0v) is 16.6. The quantitative estimate of drug-likeness (QED) is 0.746. The van der Waals surface area contributed by atoms with Gasteiger partial charge in [-0.3, -0.25) is 9.69 Å². The fourth-order valence-corrected chi connectivity index (χ4v) is 3.81. The molecular formula is C22H28N4O2. The van der Waals surface area contributed by atoms with E-state index in [4.69, 9.17) is 0 Å². The molecule has 2 aromatic carbocycles. The van der Waals surface area contributed by atoms with Crippen LogP contribution in [0.1, 0.15) is 41.4 Å². The number of amides is 1. The summed E-state index contributed by atoms with van der Waals surface area (Å²) in [6.45, 7) is 9.08. The zero-order valence-electron chi connectivity index (χ0n) is 16.6. The number of hydrogen-bond acceptors (Lipinski definition) is 5. The van der Waals surface area contributed by atoms with Gasteiger partial charge in [-0.15, -0.1) is 4.91 Å². The summed E-state index contributed by atoms with van der Waals surface area (Å²) in [7, 11) is 0. The van der Waals surface area contributed by atoms with Gasteiger partial charge in [0.25, 0.3) is 5.91 Å². The zero-order chi connectivity index (χ0) is 19.9. The Bertz CT molecular complexity index is 796. The van der Waals surface area contributed by atoms with Crippen LogP contribution in [0.25, 0.3) is 0 Å². The minimum absolute atomic E-state index is 0.0291. The van der Waals surface area contributed by atoms with E-state index < -0.39 is 0 Å². The molecule has 1 N–H and O–H groups in total. The van der Waals surface area contributed by atoms with Crippen LogP contribution in [-0.4, -0.2) is 55.0 Å². The molecule has 1 heterocycles. The molecule has 28 heavy (non-hydrogen) atoms. The molecular weight excluding hydrogens is 352 g/mol. The first-order valence-corrected chi connectivity index (χ1v) is 9.95. The molecule has 0 bridgehead atoms. The Morgan fingerprint density at radius 3 is 2.36 bits per heavy atom. The topological polar surface area (TPSA) is 65.0 Å². The van der Waals surface area contributed by atoms with Gasteiger partial charge in [-0.2, -0.15) is 0 Å². The van der Waals surface area contributed by atoms with E-state index in [-0.39, 0.29) is 11.9 Å². The number of carbonyl (C=O) groups excluding carboxylic acids is 1. The van der Waals surface area contributed by atoms with Crippen LogP contribution in [0.4, 0.5) is 5.69 Å². The maximum absolute atomic E-state index is 12.6. The van der Waals surface area contributed by atoms with Gasteiger partial charge in [0.2, 0.25) is 0 Å². The van der Waals surface area contributed by atoms with E-state index in [1.807, 2.05) is 61.2 Å². The Morgan fingerprint density at radius 1 is 1.07 bits per heavy atom. The van der Waals surface area contributed by atoms with Crippen LogP contribution in [0.15, 0.2) is 53.7 Å². The molecule has 6 heteroatoms. The highest BCUT2D eigenvalue weighted by molar-refractivity contribution is 5.94. The number of carbonyl (C=O) groups is 1. The first-order valence-electron chi connectivity index (χ1n) is 9.95. The monoisotopic (exact) mass is 380 g/mol. The van der Waals surface area contributed by atoms with Crippen LogP contribution in [0, 0.1) is 4.91 Å². The largest absolute Gasteiger partial charge is 0.339 e. The summed E-state index contributed by atoms with van der Waals surface area (Å²) in [6.07, 6.45) is 0. The average molecular weight is 380 g/mol. The van der Waals surface area contributed by atoms with Gasteiger partial charge in [-0.1, -0.05) is 24.3 Å². The lowest BCUT2D eigenvalue weighted by atomic mass is 9.95. The molecule has 1 amide bonds. The molecule has 0 saturated carbocycles. The summed E-state index contributed by atoms with van der Waals surface area (Å²) in [5.41, 5.74) is 3.30. The Hall–Kier alpha value is -2.57. The van der Waals surface area contributed by atoms with Crippen molar-refractivity contribution in [2.45, 2.75) is 19.9 Å². The molecule has 1 saturated heterocycles. The van der Waals surface area contributed by atoms with Crippen molar-refractivity contribution in [2.75, 3.05) is 39.3 Å². The van der Waals surface area contributed by atoms with Gasteiger partial charge in [-0.25, -0.2) is 0 Å². The Balaban J connectivity index is 1.93. The number of hydrogen-bond donors (Lipinski definition) is 1. The van der Waals surface area contributed by atoms with Crippen LogP contribution in [0.5, 0.6) is 0 Å². The summed E-state index contributed by atoms with van der Waals surface area (Å²) in [5.74, 6) is 0.0578.